The highest BCUT2D eigenvalue weighted by molar-refractivity contribution is 5.56. The third-order valence-electron chi connectivity index (χ3n) is 2.93. The summed E-state index contributed by atoms with van der Waals surface area (Å²) in [6.45, 7) is 4.71. The van der Waals surface area contributed by atoms with Crippen LogP contribution in [0.3, 0.4) is 0 Å². The molecule has 0 saturated carbocycles. The molecule has 2 N–H and O–H groups in total. The van der Waals surface area contributed by atoms with Gasteiger partial charge in [0.1, 0.15) is 11.6 Å². The van der Waals surface area contributed by atoms with E-state index in [1.807, 2.05) is 13.0 Å². The minimum absolute atomic E-state index is 0.00214. The summed E-state index contributed by atoms with van der Waals surface area (Å²) in [5.74, 6) is 0.206. The van der Waals surface area contributed by atoms with Crippen molar-refractivity contribution in [1.29, 1.82) is 5.26 Å². The van der Waals surface area contributed by atoms with Crippen LogP contribution in [0.5, 0.6) is 5.88 Å². The SMILES string of the molecule is CCN(CCO)c1nc2cc(C)c(C#N)c(O)n2n1. The molecule has 2 aromatic rings. The lowest BCUT2D eigenvalue weighted by Crippen LogP contribution is -2.27. The van der Waals surface area contributed by atoms with Crippen LogP contribution < -0.4 is 4.90 Å². The number of fused-ring (bicyclic) bond motifs is 1. The second kappa shape index (κ2) is 5.12. The number of hydrogen-bond acceptors (Lipinski definition) is 6. The summed E-state index contributed by atoms with van der Waals surface area (Å²) >= 11 is 0. The Hall–Kier alpha value is -2.33. The van der Waals surface area contributed by atoms with Gasteiger partial charge in [0.15, 0.2) is 5.65 Å². The third-order valence-corrected chi connectivity index (χ3v) is 2.93. The van der Waals surface area contributed by atoms with E-state index < -0.39 is 0 Å². The lowest BCUT2D eigenvalue weighted by molar-refractivity contribution is 0.301. The number of rotatable bonds is 4. The first-order chi connectivity index (χ1) is 9.12. The molecule has 2 heterocycles. The summed E-state index contributed by atoms with van der Waals surface area (Å²) in [6.07, 6.45) is 0. The Bertz CT molecular complexity index is 644. The number of aromatic hydroxyl groups is 1. The van der Waals surface area contributed by atoms with Gasteiger partial charge >= 0.3 is 0 Å². The van der Waals surface area contributed by atoms with Crippen molar-refractivity contribution >= 4 is 11.6 Å². The molecule has 100 valence electrons. The number of aliphatic hydroxyl groups excluding tert-OH is 1. The molecule has 7 nitrogen and oxygen atoms in total. The average molecular weight is 261 g/mol. The van der Waals surface area contributed by atoms with Gasteiger partial charge in [-0.2, -0.15) is 14.8 Å². The van der Waals surface area contributed by atoms with Crippen molar-refractivity contribution in [2.75, 3.05) is 24.6 Å². The molecule has 0 aliphatic heterocycles. The molecule has 0 atom stereocenters. The normalized spacial score (nSPS) is 10.6. The molecule has 2 aromatic heterocycles. The van der Waals surface area contributed by atoms with Gasteiger partial charge in [-0.15, -0.1) is 5.10 Å². The van der Waals surface area contributed by atoms with Crippen molar-refractivity contribution in [2.24, 2.45) is 0 Å². The van der Waals surface area contributed by atoms with Crippen molar-refractivity contribution in [3.63, 3.8) is 0 Å². The van der Waals surface area contributed by atoms with Crippen LogP contribution in [0.1, 0.15) is 18.1 Å². The quantitative estimate of drug-likeness (QED) is 0.828. The van der Waals surface area contributed by atoms with Crippen LogP contribution in [0.2, 0.25) is 0 Å². The second-order valence-corrected chi connectivity index (χ2v) is 4.12. The average Bonchev–Trinajstić information content (AvgIpc) is 2.80. The number of aryl methyl sites for hydroxylation is 1. The van der Waals surface area contributed by atoms with Crippen molar-refractivity contribution in [1.82, 2.24) is 14.6 Å². The zero-order chi connectivity index (χ0) is 14.0. The lowest BCUT2D eigenvalue weighted by atomic mass is 10.2. The molecule has 0 amide bonds. The van der Waals surface area contributed by atoms with E-state index in [4.69, 9.17) is 10.4 Å². The highest BCUT2D eigenvalue weighted by atomic mass is 16.3. The first-order valence-corrected chi connectivity index (χ1v) is 5.97. The van der Waals surface area contributed by atoms with E-state index in [9.17, 15) is 5.11 Å². The molecule has 0 aromatic carbocycles. The Balaban J connectivity index is 2.58. The van der Waals surface area contributed by atoms with Crippen LogP contribution in [-0.2, 0) is 0 Å². The van der Waals surface area contributed by atoms with Crippen molar-refractivity contribution in [2.45, 2.75) is 13.8 Å². The van der Waals surface area contributed by atoms with E-state index in [0.717, 1.165) is 0 Å². The fourth-order valence-electron chi connectivity index (χ4n) is 1.90. The van der Waals surface area contributed by atoms with Gasteiger partial charge in [0, 0.05) is 13.1 Å². The fourth-order valence-corrected chi connectivity index (χ4v) is 1.90. The number of nitriles is 1. The molecule has 2 rings (SSSR count). The van der Waals surface area contributed by atoms with Gasteiger partial charge in [-0.1, -0.05) is 0 Å². The summed E-state index contributed by atoms with van der Waals surface area (Å²) < 4.78 is 1.24. The van der Waals surface area contributed by atoms with Crippen LogP contribution in [0.15, 0.2) is 6.07 Å². The number of anilines is 1. The molecule has 19 heavy (non-hydrogen) atoms. The summed E-state index contributed by atoms with van der Waals surface area (Å²) in [6, 6.07) is 3.64. The van der Waals surface area contributed by atoms with Crippen LogP contribution in [0.25, 0.3) is 5.65 Å². The minimum Gasteiger partial charge on any atom is -0.492 e. The second-order valence-electron chi connectivity index (χ2n) is 4.12. The van der Waals surface area contributed by atoms with Crippen LogP contribution >= 0.6 is 0 Å². The Morgan fingerprint density at radius 1 is 1.53 bits per heavy atom. The van der Waals surface area contributed by atoms with Crippen molar-refractivity contribution < 1.29 is 10.2 Å². The highest BCUT2D eigenvalue weighted by Gasteiger charge is 2.16. The summed E-state index contributed by atoms with van der Waals surface area (Å²) in [7, 11) is 0. The van der Waals surface area contributed by atoms with E-state index in [2.05, 4.69) is 10.1 Å². The van der Waals surface area contributed by atoms with Gasteiger partial charge < -0.3 is 15.1 Å². The zero-order valence-corrected chi connectivity index (χ0v) is 10.8. The predicted molar refractivity (Wildman–Crippen MR) is 69.1 cm³/mol. The van der Waals surface area contributed by atoms with Crippen molar-refractivity contribution in [3.05, 3.63) is 17.2 Å². The topological polar surface area (TPSA) is 97.7 Å². The number of aromatic nitrogens is 3. The monoisotopic (exact) mass is 261 g/mol. The molecule has 0 spiro atoms. The van der Waals surface area contributed by atoms with Gasteiger partial charge in [0.25, 0.3) is 0 Å². The van der Waals surface area contributed by atoms with E-state index in [-0.39, 0.29) is 18.1 Å². The standard InChI is InChI=1S/C12H15N5O2/c1-3-16(4-5-18)12-14-10-6-8(2)9(7-13)11(19)17(10)15-12/h6,18-19H,3-5H2,1-2H3. The molecule has 0 aliphatic carbocycles. The maximum atomic E-state index is 10.00. The number of likely N-dealkylation sites (N-methyl/N-ethyl adjacent to an activating group) is 1. The largest absolute Gasteiger partial charge is 0.492 e. The number of pyridine rings is 1. The molecule has 7 heteroatoms. The number of aliphatic hydroxyl groups is 1. The molecule has 0 radical (unpaired) electrons. The molecular formula is C12H15N5O2. The van der Waals surface area contributed by atoms with Crippen LogP contribution in [-0.4, -0.2) is 44.5 Å². The summed E-state index contributed by atoms with van der Waals surface area (Å²) in [5, 5.41) is 32.1. The maximum absolute atomic E-state index is 10.00. The van der Waals surface area contributed by atoms with E-state index >= 15 is 0 Å². The first-order valence-electron chi connectivity index (χ1n) is 5.97. The Kier molecular flexibility index (Phi) is 3.53. The van der Waals surface area contributed by atoms with E-state index in [0.29, 0.717) is 30.2 Å². The molecule has 0 bridgehead atoms. The molecule has 0 unspecified atom stereocenters. The minimum atomic E-state index is -0.212. The number of hydrogen-bond donors (Lipinski definition) is 2. The van der Waals surface area contributed by atoms with E-state index in [1.165, 1.54) is 4.52 Å². The molecule has 0 fully saturated rings. The summed E-state index contributed by atoms with van der Waals surface area (Å²) in [4.78, 5) is 6.08. The van der Waals surface area contributed by atoms with Gasteiger partial charge in [0.05, 0.1) is 6.61 Å². The Morgan fingerprint density at radius 3 is 2.84 bits per heavy atom. The molecule has 0 aliphatic rings. The summed E-state index contributed by atoms with van der Waals surface area (Å²) in [5.41, 5.74) is 1.31. The third kappa shape index (κ3) is 2.18. The Labute approximate surface area is 110 Å². The maximum Gasteiger partial charge on any atom is 0.245 e. The van der Waals surface area contributed by atoms with Gasteiger partial charge in [-0.25, -0.2) is 0 Å². The zero-order valence-electron chi connectivity index (χ0n) is 10.8. The van der Waals surface area contributed by atoms with Crippen molar-refractivity contribution in [3.8, 4) is 11.9 Å². The van der Waals surface area contributed by atoms with Gasteiger partial charge in [-0.3, -0.25) is 0 Å². The lowest BCUT2D eigenvalue weighted by Gasteiger charge is -2.16. The van der Waals surface area contributed by atoms with Gasteiger partial charge in [0.2, 0.25) is 11.8 Å². The molecule has 0 saturated heterocycles. The first kappa shape index (κ1) is 13.1. The van der Waals surface area contributed by atoms with Crippen LogP contribution in [0, 0.1) is 18.3 Å². The number of nitrogens with zero attached hydrogens (tertiary/aromatic N) is 5. The Morgan fingerprint density at radius 2 is 2.26 bits per heavy atom. The predicted octanol–water partition coefficient (Wildman–Crippen LogP) is 0.434. The van der Waals surface area contributed by atoms with E-state index in [1.54, 1.807) is 17.9 Å². The smallest absolute Gasteiger partial charge is 0.245 e. The molecular weight excluding hydrogens is 246 g/mol. The van der Waals surface area contributed by atoms with Crippen LogP contribution in [0.4, 0.5) is 5.95 Å². The van der Waals surface area contributed by atoms with Gasteiger partial charge in [-0.05, 0) is 25.5 Å². The fraction of sp³-hybridized carbons (Fsp3) is 0.417. The highest BCUT2D eigenvalue weighted by Crippen LogP contribution is 2.23.